The lowest BCUT2D eigenvalue weighted by molar-refractivity contribution is 0.0685. The number of carbonyl (C=O) groups is 1. The number of benzene rings is 2. The molecule has 5 N–H and O–H groups in total. The van der Waals surface area contributed by atoms with E-state index in [4.69, 9.17) is 23.2 Å². The molecule has 0 radical (unpaired) electrons. The van der Waals surface area contributed by atoms with Gasteiger partial charge in [0.05, 0.1) is 0 Å². The van der Waals surface area contributed by atoms with Gasteiger partial charge in [0, 0.05) is 18.5 Å². The first-order chi connectivity index (χ1) is 14.5. The highest BCUT2D eigenvalue weighted by Crippen LogP contribution is 2.25. The smallest absolute Gasteiger partial charge is 0.355 e. The second-order valence-electron chi connectivity index (χ2n) is 6.92. The van der Waals surface area contributed by atoms with E-state index in [1.165, 1.54) is 0 Å². The summed E-state index contributed by atoms with van der Waals surface area (Å²) in [7, 11) is 0. The van der Waals surface area contributed by atoms with Crippen molar-refractivity contribution >= 4 is 23.4 Å². The fraction of sp³-hybridized carbons (Fsp3) is 0.227. The first kappa shape index (κ1) is 21.4. The highest BCUT2D eigenvalue weighted by Gasteiger charge is 2.21. The molecule has 156 valence electrons. The Bertz CT molecular complexity index is 1070. The van der Waals surface area contributed by atoms with Gasteiger partial charge in [0.15, 0.2) is 16.7 Å². The Labute approximate surface area is 180 Å². The number of hydrazone groups is 1. The molecule has 0 spiro atoms. The molecule has 2 aromatic carbocycles. The number of amidine groups is 1. The van der Waals surface area contributed by atoms with Gasteiger partial charge in [-0.1, -0.05) is 73.5 Å². The van der Waals surface area contributed by atoms with Crippen LogP contribution in [-0.2, 0) is 13.0 Å². The van der Waals surface area contributed by atoms with E-state index in [0.717, 1.165) is 35.1 Å². The number of nitrogens with zero attached hydrogens (tertiary/aromatic N) is 3. The number of halogens is 1. The Morgan fingerprint density at radius 3 is 2.53 bits per heavy atom. The molecule has 0 amide bonds. The number of hydrogen-bond acceptors (Lipinski definition) is 4. The Morgan fingerprint density at radius 2 is 1.90 bits per heavy atom. The molecule has 3 aromatic rings. The number of nitrogens with two attached hydrogens (primary N) is 2. The van der Waals surface area contributed by atoms with Crippen LogP contribution in [0.2, 0.25) is 5.15 Å². The molecular weight excluding hydrogens is 402 g/mol. The van der Waals surface area contributed by atoms with Gasteiger partial charge in [0.1, 0.15) is 5.82 Å². The van der Waals surface area contributed by atoms with E-state index >= 15 is 0 Å². The number of hydrogen-bond donors (Lipinski definition) is 3. The maximum atomic E-state index is 11.7. The van der Waals surface area contributed by atoms with Crippen LogP contribution in [0.4, 0.5) is 0 Å². The van der Waals surface area contributed by atoms with Crippen molar-refractivity contribution in [2.24, 2.45) is 16.7 Å². The average Bonchev–Trinajstić information content (AvgIpc) is 3.07. The van der Waals surface area contributed by atoms with Gasteiger partial charge in [-0.2, -0.15) is 5.10 Å². The molecule has 7 nitrogen and oxygen atoms in total. The summed E-state index contributed by atoms with van der Waals surface area (Å²) in [5, 5.41) is 13.2. The molecule has 0 fully saturated rings. The van der Waals surface area contributed by atoms with Crippen molar-refractivity contribution in [3.8, 4) is 11.1 Å². The quantitative estimate of drug-likeness (QED) is 0.219. The average molecular weight is 426 g/mol. The van der Waals surface area contributed by atoms with Crippen molar-refractivity contribution in [2.45, 2.75) is 32.7 Å². The van der Waals surface area contributed by atoms with Gasteiger partial charge in [0.2, 0.25) is 0 Å². The third kappa shape index (κ3) is 4.46. The monoisotopic (exact) mass is 425 g/mol. The predicted octanol–water partition coefficient (Wildman–Crippen LogP) is 3.87. The topological polar surface area (TPSA) is 120 Å². The van der Waals surface area contributed by atoms with Crippen LogP contribution in [0.25, 0.3) is 11.1 Å². The van der Waals surface area contributed by atoms with Crippen molar-refractivity contribution in [3.05, 3.63) is 76.3 Å². The molecule has 1 heterocycles. The van der Waals surface area contributed by atoms with E-state index < -0.39 is 5.97 Å². The van der Waals surface area contributed by atoms with Crippen LogP contribution < -0.4 is 11.6 Å². The van der Waals surface area contributed by atoms with E-state index in [0.29, 0.717) is 18.8 Å². The number of rotatable bonds is 8. The van der Waals surface area contributed by atoms with Crippen molar-refractivity contribution in [1.29, 1.82) is 0 Å². The van der Waals surface area contributed by atoms with Gasteiger partial charge in [-0.3, -0.25) is 0 Å². The Hall–Kier alpha value is -3.32. The summed E-state index contributed by atoms with van der Waals surface area (Å²) in [6.07, 6.45) is 2.56. The summed E-state index contributed by atoms with van der Waals surface area (Å²) in [6.45, 7) is 2.44. The zero-order valence-electron chi connectivity index (χ0n) is 16.7. The third-order valence-corrected chi connectivity index (χ3v) is 5.17. The SMILES string of the molecule is CCCCc1nc(Cl)c(C(=O)O)n1Cc1ccc(-c2ccccc2/C(N)=N/N)cc1. The van der Waals surface area contributed by atoms with Crippen molar-refractivity contribution in [1.82, 2.24) is 9.55 Å². The summed E-state index contributed by atoms with van der Waals surface area (Å²) in [5.41, 5.74) is 9.49. The molecule has 30 heavy (non-hydrogen) atoms. The number of imidazole rings is 1. The van der Waals surface area contributed by atoms with E-state index in [2.05, 4.69) is 17.0 Å². The molecule has 0 atom stereocenters. The summed E-state index contributed by atoms with van der Waals surface area (Å²) in [6, 6.07) is 15.4. The van der Waals surface area contributed by atoms with E-state index in [-0.39, 0.29) is 16.7 Å². The number of aromatic nitrogens is 2. The van der Waals surface area contributed by atoms with Crippen LogP contribution in [0.5, 0.6) is 0 Å². The minimum Gasteiger partial charge on any atom is -0.476 e. The molecular formula is C22H24ClN5O2. The third-order valence-electron chi connectivity index (χ3n) is 4.91. The summed E-state index contributed by atoms with van der Waals surface area (Å²) >= 11 is 6.11. The van der Waals surface area contributed by atoms with Crippen LogP contribution >= 0.6 is 11.6 Å². The second-order valence-corrected chi connectivity index (χ2v) is 7.28. The number of carboxylic acids is 1. The maximum Gasteiger partial charge on any atom is 0.355 e. The van der Waals surface area contributed by atoms with Crippen LogP contribution in [0, 0.1) is 0 Å². The lowest BCUT2D eigenvalue weighted by Gasteiger charge is -2.12. The van der Waals surface area contributed by atoms with Gasteiger partial charge in [-0.15, -0.1) is 0 Å². The van der Waals surface area contributed by atoms with E-state index in [1.807, 2.05) is 48.5 Å². The zero-order valence-corrected chi connectivity index (χ0v) is 17.4. The lowest BCUT2D eigenvalue weighted by Crippen LogP contribution is -2.16. The maximum absolute atomic E-state index is 11.7. The second kappa shape index (κ2) is 9.45. The Balaban J connectivity index is 1.93. The Morgan fingerprint density at radius 1 is 1.20 bits per heavy atom. The molecule has 0 saturated heterocycles. The number of aromatic carboxylic acids is 1. The molecule has 3 rings (SSSR count). The lowest BCUT2D eigenvalue weighted by atomic mass is 9.98. The Kier molecular flexibility index (Phi) is 6.74. The molecule has 0 aliphatic rings. The number of aryl methyl sites for hydroxylation is 1. The number of carboxylic acid groups (broad SMARTS) is 1. The standard InChI is InChI=1S/C22H24ClN5O2/c1-2-3-8-18-26-20(23)19(22(29)30)28(18)13-14-9-11-15(12-10-14)16-6-4-5-7-17(16)21(24)27-25/h4-7,9-12H,2-3,8,13,25H2,1H3,(H2,24,27)(H,29,30). The minimum atomic E-state index is -1.09. The fourth-order valence-electron chi connectivity index (χ4n) is 3.37. The van der Waals surface area contributed by atoms with E-state index in [9.17, 15) is 9.90 Å². The van der Waals surface area contributed by atoms with Gasteiger partial charge < -0.3 is 21.2 Å². The van der Waals surface area contributed by atoms with Crippen LogP contribution in [0.3, 0.4) is 0 Å². The normalized spacial score (nSPS) is 11.6. The van der Waals surface area contributed by atoms with Gasteiger partial charge in [-0.25, -0.2) is 9.78 Å². The summed E-state index contributed by atoms with van der Waals surface area (Å²) in [4.78, 5) is 16.0. The van der Waals surface area contributed by atoms with Gasteiger partial charge in [0.25, 0.3) is 0 Å². The summed E-state index contributed by atoms with van der Waals surface area (Å²) in [5.74, 6) is 5.20. The van der Waals surface area contributed by atoms with Crippen molar-refractivity contribution in [2.75, 3.05) is 0 Å². The molecule has 8 heteroatoms. The van der Waals surface area contributed by atoms with Crippen molar-refractivity contribution in [3.63, 3.8) is 0 Å². The molecule has 0 bridgehead atoms. The van der Waals surface area contributed by atoms with Crippen LogP contribution in [-0.4, -0.2) is 26.5 Å². The van der Waals surface area contributed by atoms with Gasteiger partial charge in [-0.05, 0) is 23.1 Å². The highest BCUT2D eigenvalue weighted by molar-refractivity contribution is 6.32. The number of unbranched alkanes of at least 4 members (excludes halogenated alkanes) is 1. The largest absolute Gasteiger partial charge is 0.476 e. The zero-order chi connectivity index (χ0) is 21.7. The van der Waals surface area contributed by atoms with Crippen LogP contribution in [0.15, 0.2) is 53.6 Å². The molecule has 0 aliphatic carbocycles. The minimum absolute atomic E-state index is 0.0177. The van der Waals surface area contributed by atoms with Gasteiger partial charge >= 0.3 is 5.97 Å². The molecule has 1 aromatic heterocycles. The van der Waals surface area contributed by atoms with E-state index in [1.54, 1.807) is 4.57 Å². The predicted molar refractivity (Wildman–Crippen MR) is 119 cm³/mol. The molecule has 0 aliphatic heterocycles. The fourth-order valence-corrected chi connectivity index (χ4v) is 3.65. The van der Waals surface area contributed by atoms with Crippen LogP contribution in [0.1, 0.15) is 47.2 Å². The first-order valence-electron chi connectivity index (χ1n) is 9.66. The molecule has 0 saturated carbocycles. The summed E-state index contributed by atoms with van der Waals surface area (Å²) < 4.78 is 1.68. The first-order valence-corrected chi connectivity index (χ1v) is 10.0. The molecule has 0 unspecified atom stereocenters. The highest BCUT2D eigenvalue weighted by atomic mass is 35.5. The van der Waals surface area contributed by atoms with Crippen molar-refractivity contribution < 1.29 is 9.90 Å².